The van der Waals surface area contributed by atoms with Crippen molar-refractivity contribution in [3.8, 4) is 5.75 Å². The Balaban J connectivity index is 1.61. The van der Waals surface area contributed by atoms with Gasteiger partial charge < -0.3 is 20.1 Å². The molecule has 6 heteroatoms. The summed E-state index contributed by atoms with van der Waals surface area (Å²) in [6.07, 6.45) is 0. The van der Waals surface area contributed by atoms with E-state index < -0.39 is 0 Å². The molecule has 3 aromatic carbocycles. The zero-order valence-corrected chi connectivity index (χ0v) is 18.3. The normalized spacial score (nSPS) is 11.4. The van der Waals surface area contributed by atoms with Crippen LogP contribution in [0.3, 0.4) is 0 Å². The molecule has 3 rings (SSSR count). The second-order valence-electron chi connectivity index (χ2n) is 7.21. The average molecular weight is 433 g/mol. The maximum Gasteiger partial charge on any atom is 0.255 e. The average Bonchev–Trinajstić information content (AvgIpc) is 2.82. The molecule has 0 saturated heterocycles. The highest BCUT2D eigenvalue weighted by Gasteiger charge is 2.13. The summed E-state index contributed by atoms with van der Waals surface area (Å²) in [5.41, 5.74) is 2.50. The molecule has 0 spiro atoms. The van der Waals surface area contributed by atoms with Gasteiger partial charge in [-0.25, -0.2) is 0 Å². The Morgan fingerprint density at radius 1 is 0.844 bits per heavy atom. The Hall–Kier alpha value is -3.64. The number of carbonyl (C=O) groups excluding carboxylic acids is 2. The minimum absolute atomic E-state index is 0.132. The predicted molar refractivity (Wildman–Crippen MR) is 125 cm³/mol. The topological polar surface area (TPSA) is 76.7 Å². The molecule has 1 atom stereocenters. The molecule has 0 aromatic heterocycles. The van der Waals surface area contributed by atoms with E-state index >= 15 is 0 Å². The van der Waals surface area contributed by atoms with Crippen molar-refractivity contribution in [2.24, 2.45) is 0 Å². The van der Waals surface area contributed by atoms with Crippen molar-refractivity contribution in [2.75, 3.05) is 25.1 Å². The molecule has 2 amide bonds. The van der Waals surface area contributed by atoms with Crippen LogP contribution in [0.5, 0.6) is 5.75 Å². The first-order valence-electron chi connectivity index (χ1n) is 10.6. The SMILES string of the molecule is CCOCCOc1cccc(C(=O)Nc2cccc(C(=O)NC(C)c3ccccc3)c2)c1. The summed E-state index contributed by atoms with van der Waals surface area (Å²) < 4.78 is 10.9. The van der Waals surface area contributed by atoms with Gasteiger partial charge in [-0.15, -0.1) is 0 Å². The van der Waals surface area contributed by atoms with Crippen LogP contribution in [0.25, 0.3) is 0 Å². The Kier molecular flexibility index (Phi) is 8.40. The van der Waals surface area contributed by atoms with E-state index in [2.05, 4.69) is 10.6 Å². The van der Waals surface area contributed by atoms with Crippen molar-refractivity contribution in [3.63, 3.8) is 0 Å². The maximum atomic E-state index is 12.7. The number of rotatable bonds is 10. The van der Waals surface area contributed by atoms with E-state index in [1.807, 2.05) is 44.2 Å². The predicted octanol–water partition coefficient (Wildman–Crippen LogP) is 4.85. The van der Waals surface area contributed by atoms with Crippen molar-refractivity contribution < 1.29 is 19.1 Å². The summed E-state index contributed by atoms with van der Waals surface area (Å²) >= 11 is 0. The van der Waals surface area contributed by atoms with Gasteiger partial charge in [-0.1, -0.05) is 42.5 Å². The first-order chi connectivity index (χ1) is 15.6. The molecule has 166 valence electrons. The number of nitrogens with one attached hydrogen (secondary N) is 2. The van der Waals surface area contributed by atoms with Crippen LogP contribution >= 0.6 is 0 Å². The fraction of sp³-hybridized carbons (Fsp3) is 0.231. The largest absolute Gasteiger partial charge is 0.491 e. The fourth-order valence-corrected chi connectivity index (χ4v) is 3.14. The minimum atomic E-state index is -0.282. The highest BCUT2D eigenvalue weighted by Crippen LogP contribution is 2.18. The second-order valence-corrected chi connectivity index (χ2v) is 7.21. The Labute approximate surface area is 188 Å². The number of hydrogen-bond acceptors (Lipinski definition) is 4. The molecular weight excluding hydrogens is 404 g/mol. The van der Waals surface area contributed by atoms with Gasteiger partial charge in [0.1, 0.15) is 12.4 Å². The molecular formula is C26H28N2O4. The first-order valence-corrected chi connectivity index (χ1v) is 10.6. The van der Waals surface area contributed by atoms with Gasteiger partial charge in [0.25, 0.3) is 11.8 Å². The molecule has 1 unspecified atom stereocenters. The van der Waals surface area contributed by atoms with Crippen LogP contribution in [-0.4, -0.2) is 31.6 Å². The van der Waals surface area contributed by atoms with Crippen LogP contribution in [0.2, 0.25) is 0 Å². The summed E-state index contributed by atoms with van der Waals surface area (Å²) in [7, 11) is 0. The lowest BCUT2D eigenvalue weighted by Gasteiger charge is -2.15. The zero-order valence-electron chi connectivity index (χ0n) is 18.3. The Morgan fingerprint density at radius 2 is 1.56 bits per heavy atom. The first kappa shape index (κ1) is 23.0. The maximum absolute atomic E-state index is 12.7. The Morgan fingerprint density at radius 3 is 2.31 bits per heavy atom. The number of amides is 2. The minimum Gasteiger partial charge on any atom is -0.491 e. The molecule has 0 aliphatic carbocycles. The standard InChI is InChI=1S/C26H28N2O4/c1-3-31-15-16-32-24-14-8-12-22(18-24)26(30)28-23-13-7-11-21(17-23)25(29)27-19(2)20-9-5-4-6-10-20/h4-14,17-19H,3,15-16H2,1-2H3,(H,27,29)(H,28,30). The van der Waals surface area contributed by atoms with E-state index in [9.17, 15) is 9.59 Å². The van der Waals surface area contributed by atoms with Crippen LogP contribution in [0.1, 0.15) is 46.2 Å². The van der Waals surface area contributed by atoms with Crippen LogP contribution in [-0.2, 0) is 4.74 Å². The van der Waals surface area contributed by atoms with Crippen LogP contribution in [0, 0.1) is 0 Å². The van der Waals surface area contributed by atoms with E-state index in [0.29, 0.717) is 42.4 Å². The lowest BCUT2D eigenvalue weighted by Crippen LogP contribution is -2.26. The van der Waals surface area contributed by atoms with Gasteiger partial charge in [0, 0.05) is 23.4 Å². The molecule has 0 heterocycles. The second kappa shape index (κ2) is 11.7. The van der Waals surface area contributed by atoms with E-state index in [-0.39, 0.29) is 17.9 Å². The smallest absolute Gasteiger partial charge is 0.255 e. The number of carbonyl (C=O) groups is 2. The van der Waals surface area contributed by atoms with Gasteiger partial charge in [-0.2, -0.15) is 0 Å². The highest BCUT2D eigenvalue weighted by atomic mass is 16.5. The lowest BCUT2D eigenvalue weighted by atomic mass is 10.1. The molecule has 0 aliphatic rings. The fourth-order valence-electron chi connectivity index (χ4n) is 3.14. The molecule has 0 saturated carbocycles. The van der Waals surface area contributed by atoms with Crippen LogP contribution in [0.4, 0.5) is 5.69 Å². The summed E-state index contributed by atoms with van der Waals surface area (Å²) in [4.78, 5) is 25.4. The van der Waals surface area contributed by atoms with E-state index in [0.717, 1.165) is 5.56 Å². The Bertz CT molecular complexity index is 1040. The van der Waals surface area contributed by atoms with Crippen molar-refractivity contribution in [2.45, 2.75) is 19.9 Å². The van der Waals surface area contributed by atoms with Crippen LogP contribution < -0.4 is 15.4 Å². The monoisotopic (exact) mass is 432 g/mol. The van der Waals surface area contributed by atoms with Gasteiger partial charge in [0.05, 0.1) is 12.6 Å². The summed E-state index contributed by atoms with van der Waals surface area (Å²) in [6, 6.07) is 23.4. The number of benzene rings is 3. The van der Waals surface area contributed by atoms with Gasteiger partial charge >= 0.3 is 0 Å². The highest BCUT2D eigenvalue weighted by molar-refractivity contribution is 6.05. The van der Waals surface area contributed by atoms with Crippen LogP contribution in [0.15, 0.2) is 78.9 Å². The zero-order chi connectivity index (χ0) is 22.8. The summed E-state index contributed by atoms with van der Waals surface area (Å²) in [5, 5.41) is 5.83. The number of ether oxygens (including phenoxy) is 2. The van der Waals surface area contributed by atoms with E-state index in [1.54, 1.807) is 48.5 Å². The number of hydrogen-bond donors (Lipinski definition) is 2. The van der Waals surface area contributed by atoms with Gasteiger partial charge in [0.2, 0.25) is 0 Å². The van der Waals surface area contributed by atoms with Crippen molar-refractivity contribution >= 4 is 17.5 Å². The van der Waals surface area contributed by atoms with Crippen molar-refractivity contribution in [1.29, 1.82) is 0 Å². The molecule has 0 aliphatic heterocycles. The number of anilines is 1. The van der Waals surface area contributed by atoms with Gasteiger partial charge in [0.15, 0.2) is 0 Å². The van der Waals surface area contributed by atoms with Crippen molar-refractivity contribution in [1.82, 2.24) is 5.32 Å². The summed E-state index contributed by atoms with van der Waals surface area (Å²) in [6.45, 7) is 5.39. The van der Waals surface area contributed by atoms with E-state index in [4.69, 9.17) is 9.47 Å². The van der Waals surface area contributed by atoms with Crippen molar-refractivity contribution in [3.05, 3.63) is 95.6 Å². The third-order valence-corrected chi connectivity index (χ3v) is 4.83. The molecule has 0 bridgehead atoms. The lowest BCUT2D eigenvalue weighted by molar-refractivity contribution is 0.0938. The quantitative estimate of drug-likeness (QED) is 0.449. The summed E-state index contributed by atoms with van der Waals surface area (Å²) in [5.74, 6) is 0.109. The molecule has 2 N–H and O–H groups in total. The molecule has 0 fully saturated rings. The third-order valence-electron chi connectivity index (χ3n) is 4.83. The molecule has 6 nitrogen and oxygen atoms in total. The third kappa shape index (κ3) is 6.68. The van der Waals surface area contributed by atoms with Gasteiger partial charge in [-0.3, -0.25) is 9.59 Å². The van der Waals surface area contributed by atoms with E-state index in [1.165, 1.54) is 0 Å². The van der Waals surface area contributed by atoms with Gasteiger partial charge in [-0.05, 0) is 55.8 Å². The molecule has 3 aromatic rings. The molecule has 0 radical (unpaired) electrons. The molecule has 32 heavy (non-hydrogen) atoms.